The van der Waals surface area contributed by atoms with Crippen LogP contribution in [0.25, 0.3) is 0 Å². The zero-order valence-corrected chi connectivity index (χ0v) is 13.7. The highest BCUT2D eigenvalue weighted by Gasteiger charge is 2.23. The van der Waals surface area contributed by atoms with E-state index in [0.29, 0.717) is 18.1 Å². The Hall–Kier alpha value is -2.47. The SMILES string of the molecule is Nc1cccc(C(=O)NC[C@@H](c2cccnc2)N2CCCCC2)n1. The van der Waals surface area contributed by atoms with Crippen molar-refractivity contribution in [1.82, 2.24) is 20.2 Å². The molecule has 0 unspecified atom stereocenters. The molecule has 24 heavy (non-hydrogen) atoms. The van der Waals surface area contributed by atoms with E-state index in [1.165, 1.54) is 19.3 Å². The van der Waals surface area contributed by atoms with Crippen molar-refractivity contribution in [1.29, 1.82) is 0 Å². The summed E-state index contributed by atoms with van der Waals surface area (Å²) in [5.74, 6) is 0.149. The van der Waals surface area contributed by atoms with E-state index in [1.807, 2.05) is 12.3 Å². The lowest BCUT2D eigenvalue weighted by molar-refractivity contribution is 0.0919. The lowest BCUT2D eigenvalue weighted by Gasteiger charge is -2.34. The molecule has 1 aliphatic rings. The predicted molar refractivity (Wildman–Crippen MR) is 93.4 cm³/mol. The molecule has 6 heteroatoms. The molecule has 1 saturated heterocycles. The number of likely N-dealkylation sites (tertiary alicyclic amines) is 1. The van der Waals surface area contributed by atoms with Gasteiger partial charge in [0.2, 0.25) is 0 Å². The molecular weight excluding hydrogens is 302 g/mol. The van der Waals surface area contributed by atoms with E-state index < -0.39 is 0 Å². The predicted octanol–water partition coefficient (Wildman–Crippen LogP) is 2.02. The largest absolute Gasteiger partial charge is 0.384 e. The third kappa shape index (κ3) is 4.08. The Balaban J connectivity index is 1.71. The van der Waals surface area contributed by atoms with Crippen LogP contribution in [0.5, 0.6) is 0 Å². The normalized spacial score (nSPS) is 16.5. The maximum atomic E-state index is 12.4. The number of nitrogen functional groups attached to an aromatic ring is 1. The standard InChI is InChI=1S/C18H23N5O/c19-17-8-4-7-15(22-17)18(24)21-13-16(14-6-5-9-20-12-14)23-10-2-1-3-11-23/h4-9,12,16H,1-3,10-11,13H2,(H2,19,22)(H,21,24)/t16-/m0/s1. The Morgan fingerprint density at radius 2 is 2.04 bits per heavy atom. The molecule has 3 heterocycles. The number of hydrogen-bond acceptors (Lipinski definition) is 5. The van der Waals surface area contributed by atoms with Gasteiger partial charge >= 0.3 is 0 Å². The molecular formula is C18H23N5O. The zero-order valence-electron chi connectivity index (χ0n) is 13.7. The fourth-order valence-electron chi connectivity index (χ4n) is 3.12. The Morgan fingerprint density at radius 3 is 2.75 bits per heavy atom. The number of amides is 1. The monoisotopic (exact) mass is 325 g/mol. The van der Waals surface area contributed by atoms with Gasteiger partial charge in [0, 0.05) is 18.9 Å². The highest BCUT2D eigenvalue weighted by atomic mass is 16.1. The lowest BCUT2D eigenvalue weighted by Crippen LogP contribution is -2.40. The van der Waals surface area contributed by atoms with Crippen LogP contribution in [0.3, 0.4) is 0 Å². The summed E-state index contributed by atoms with van der Waals surface area (Å²) in [5, 5.41) is 3.00. The van der Waals surface area contributed by atoms with Crippen molar-refractivity contribution in [2.75, 3.05) is 25.4 Å². The Bertz CT molecular complexity index is 670. The lowest BCUT2D eigenvalue weighted by atomic mass is 10.0. The Morgan fingerprint density at radius 1 is 1.21 bits per heavy atom. The van der Waals surface area contributed by atoms with Crippen molar-refractivity contribution in [3.63, 3.8) is 0 Å². The second-order valence-corrected chi connectivity index (χ2v) is 6.06. The highest BCUT2D eigenvalue weighted by molar-refractivity contribution is 5.92. The summed E-state index contributed by atoms with van der Waals surface area (Å²) in [7, 11) is 0. The van der Waals surface area contributed by atoms with Gasteiger partial charge in [0.15, 0.2) is 0 Å². The zero-order chi connectivity index (χ0) is 16.8. The van der Waals surface area contributed by atoms with E-state index in [4.69, 9.17) is 5.73 Å². The molecule has 0 spiro atoms. The maximum Gasteiger partial charge on any atom is 0.270 e. The molecule has 2 aromatic rings. The van der Waals surface area contributed by atoms with Crippen LogP contribution in [0.2, 0.25) is 0 Å². The van der Waals surface area contributed by atoms with Gasteiger partial charge in [0.05, 0.1) is 6.04 Å². The number of pyridine rings is 2. The van der Waals surface area contributed by atoms with Crippen LogP contribution in [0, 0.1) is 0 Å². The first-order chi connectivity index (χ1) is 11.7. The third-order valence-corrected chi connectivity index (χ3v) is 4.36. The molecule has 3 rings (SSSR count). The Kier molecular flexibility index (Phi) is 5.38. The van der Waals surface area contributed by atoms with Crippen molar-refractivity contribution >= 4 is 11.7 Å². The number of rotatable bonds is 5. The van der Waals surface area contributed by atoms with Crippen LogP contribution in [0.1, 0.15) is 41.4 Å². The van der Waals surface area contributed by atoms with Crippen LogP contribution < -0.4 is 11.1 Å². The molecule has 1 fully saturated rings. The van der Waals surface area contributed by atoms with Gasteiger partial charge in [0.1, 0.15) is 11.5 Å². The summed E-state index contributed by atoms with van der Waals surface area (Å²) in [5.41, 5.74) is 7.12. The first kappa shape index (κ1) is 16.4. The van der Waals surface area contributed by atoms with Crippen LogP contribution >= 0.6 is 0 Å². The van der Waals surface area contributed by atoms with Gasteiger partial charge < -0.3 is 11.1 Å². The summed E-state index contributed by atoms with van der Waals surface area (Å²) in [6.45, 7) is 2.62. The van der Waals surface area contributed by atoms with Crippen LogP contribution in [0.15, 0.2) is 42.7 Å². The molecule has 0 aromatic carbocycles. The second kappa shape index (κ2) is 7.88. The van der Waals surface area contributed by atoms with Gasteiger partial charge in [-0.05, 0) is 49.7 Å². The minimum Gasteiger partial charge on any atom is -0.384 e. The number of nitrogens with two attached hydrogens (primary N) is 1. The number of anilines is 1. The quantitative estimate of drug-likeness (QED) is 0.878. The van der Waals surface area contributed by atoms with E-state index in [2.05, 4.69) is 26.3 Å². The number of nitrogens with zero attached hydrogens (tertiary/aromatic N) is 3. The van der Waals surface area contributed by atoms with Gasteiger partial charge in [-0.25, -0.2) is 4.98 Å². The molecule has 0 bridgehead atoms. The van der Waals surface area contributed by atoms with Crippen molar-refractivity contribution in [3.05, 3.63) is 54.0 Å². The second-order valence-electron chi connectivity index (χ2n) is 6.06. The van der Waals surface area contributed by atoms with Crippen molar-refractivity contribution in [2.45, 2.75) is 25.3 Å². The number of nitrogens with one attached hydrogen (secondary N) is 1. The van der Waals surface area contributed by atoms with Gasteiger partial charge in [-0.1, -0.05) is 18.6 Å². The van der Waals surface area contributed by atoms with E-state index in [-0.39, 0.29) is 11.9 Å². The van der Waals surface area contributed by atoms with Gasteiger partial charge in [-0.3, -0.25) is 14.7 Å². The Labute approximate surface area is 142 Å². The first-order valence-corrected chi connectivity index (χ1v) is 8.39. The summed E-state index contributed by atoms with van der Waals surface area (Å²) >= 11 is 0. The van der Waals surface area contributed by atoms with Crippen molar-refractivity contribution in [3.8, 4) is 0 Å². The molecule has 1 atom stereocenters. The molecule has 0 saturated carbocycles. The molecule has 0 radical (unpaired) electrons. The molecule has 6 nitrogen and oxygen atoms in total. The number of carbonyl (C=O) groups is 1. The number of aromatic nitrogens is 2. The molecule has 2 aromatic heterocycles. The third-order valence-electron chi connectivity index (χ3n) is 4.36. The van der Waals surface area contributed by atoms with Gasteiger partial charge in [0.25, 0.3) is 5.91 Å². The molecule has 1 amide bonds. The van der Waals surface area contributed by atoms with Crippen LogP contribution in [-0.2, 0) is 0 Å². The van der Waals surface area contributed by atoms with Crippen molar-refractivity contribution < 1.29 is 4.79 Å². The number of piperidine rings is 1. The first-order valence-electron chi connectivity index (χ1n) is 8.39. The highest BCUT2D eigenvalue weighted by Crippen LogP contribution is 2.23. The van der Waals surface area contributed by atoms with Gasteiger partial charge in [-0.2, -0.15) is 0 Å². The summed E-state index contributed by atoms with van der Waals surface area (Å²) in [6, 6.07) is 9.21. The van der Waals surface area contributed by atoms with Crippen LogP contribution in [0.4, 0.5) is 5.82 Å². The maximum absolute atomic E-state index is 12.4. The van der Waals surface area contributed by atoms with Gasteiger partial charge in [-0.15, -0.1) is 0 Å². The minimum atomic E-state index is -0.201. The average molecular weight is 325 g/mol. The molecule has 1 aliphatic heterocycles. The average Bonchev–Trinajstić information content (AvgIpc) is 2.63. The summed E-state index contributed by atoms with van der Waals surface area (Å²) in [6.07, 6.45) is 7.31. The van der Waals surface area contributed by atoms with Crippen LogP contribution in [-0.4, -0.2) is 40.4 Å². The summed E-state index contributed by atoms with van der Waals surface area (Å²) < 4.78 is 0. The summed E-state index contributed by atoms with van der Waals surface area (Å²) in [4.78, 5) is 23.1. The minimum absolute atomic E-state index is 0.129. The fraction of sp³-hybridized carbons (Fsp3) is 0.389. The van der Waals surface area contributed by atoms with E-state index >= 15 is 0 Å². The number of carbonyl (C=O) groups excluding carboxylic acids is 1. The molecule has 0 aliphatic carbocycles. The molecule has 3 N–H and O–H groups in total. The topological polar surface area (TPSA) is 84.1 Å². The number of hydrogen-bond donors (Lipinski definition) is 2. The van der Waals surface area contributed by atoms with E-state index in [0.717, 1.165) is 18.7 Å². The molecule has 126 valence electrons. The van der Waals surface area contributed by atoms with Crippen molar-refractivity contribution in [2.24, 2.45) is 0 Å². The smallest absolute Gasteiger partial charge is 0.270 e. The van der Waals surface area contributed by atoms with E-state index in [9.17, 15) is 4.79 Å². The fourth-order valence-corrected chi connectivity index (χ4v) is 3.12. The van der Waals surface area contributed by atoms with E-state index in [1.54, 1.807) is 24.4 Å².